The van der Waals surface area contributed by atoms with Crippen LogP contribution in [-0.4, -0.2) is 34.6 Å². The van der Waals surface area contributed by atoms with Gasteiger partial charge in [0.25, 0.3) is 0 Å². The molecule has 2 unspecified atom stereocenters. The molecule has 3 rings (SSSR count). The van der Waals surface area contributed by atoms with Crippen LogP contribution >= 0.6 is 11.3 Å². The molecule has 0 amide bonds. The Kier molecular flexibility index (Phi) is 4.74. The summed E-state index contributed by atoms with van der Waals surface area (Å²) >= 11 is 1.90. The zero-order valence-electron chi connectivity index (χ0n) is 12.8. The molecule has 3 nitrogen and oxygen atoms in total. The number of piperidine rings is 1. The number of hydrogen-bond donors (Lipinski definition) is 1. The van der Waals surface area contributed by atoms with Crippen LogP contribution in [0.1, 0.15) is 55.8 Å². The zero-order valence-corrected chi connectivity index (χ0v) is 13.6. The van der Waals surface area contributed by atoms with E-state index >= 15 is 0 Å². The van der Waals surface area contributed by atoms with Crippen molar-refractivity contribution in [3.63, 3.8) is 0 Å². The Balaban J connectivity index is 1.59. The predicted molar refractivity (Wildman–Crippen MR) is 85.2 cm³/mol. The first-order valence-electron chi connectivity index (χ1n) is 8.22. The number of aromatic nitrogens is 1. The molecular weight excluding hydrogens is 266 g/mol. The van der Waals surface area contributed by atoms with Crippen LogP contribution in [0.3, 0.4) is 0 Å². The fourth-order valence-corrected chi connectivity index (χ4v) is 4.66. The molecule has 3 heterocycles. The molecule has 1 N–H and O–H groups in total. The van der Waals surface area contributed by atoms with Gasteiger partial charge >= 0.3 is 0 Å². The van der Waals surface area contributed by atoms with Crippen molar-refractivity contribution in [1.29, 1.82) is 0 Å². The molecule has 2 fully saturated rings. The molecule has 2 bridgehead atoms. The highest BCUT2D eigenvalue weighted by molar-refractivity contribution is 7.11. The van der Waals surface area contributed by atoms with E-state index in [1.54, 1.807) is 0 Å². The van der Waals surface area contributed by atoms with Gasteiger partial charge in [-0.25, -0.2) is 4.98 Å². The maximum Gasteiger partial charge on any atom is 0.107 e. The normalized spacial score (nSPS) is 30.0. The van der Waals surface area contributed by atoms with Crippen LogP contribution in [0.2, 0.25) is 0 Å². The highest BCUT2D eigenvalue weighted by Crippen LogP contribution is 2.37. The van der Waals surface area contributed by atoms with Crippen LogP contribution in [0.25, 0.3) is 0 Å². The molecular formula is C16H27N3S. The van der Waals surface area contributed by atoms with E-state index in [1.165, 1.54) is 48.5 Å². The van der Waals surface area contributed by atoms with Gasteiger partial charge in [-0.1, -0.05) is 13.8 Å². The fraction of sp³-hybridized carbons (Fsp3) is 0.812. The van der Waals surface area contributed by atoms with Crippen molar-refractivity contribution in [2.45, 2.75) is 77.0 Å². The molecule has 1 aromatic rings. The van der Waals surface area contributed by atoms with Crippen molar-refractivity contribution in [3.05, 3.63) is 16.1 Å². The van der Waals surface area contributed by atoms with Crippen LogP contribution in [0.4, 0.5) is 0 Å². The van der Waals surface area contributed by atoms with Gasteiger partial charge in [-0.05, 0) is 45.1 Å². The average molecular weight is 293 g/mol. The van der Waals surface area contributed by atoms with E-state index in [-0.39, 0.29) is 0 Å². The fourth-order valence-electron chi connectivity index (χ4n) is 3.79. The first kappa shape index (κ1) is 14.5. The molecule has 112 valence electrons. The molecule has 2 aliphatic rings. The molecule has 0 aliphatic carbocycles. The van der Waals surface area contributed by atoms with E-state index in [2.05, 4.69) is 35.2 Å². The number of thiazole rings is 1. The first-order valence-corrected chi connectivity index (χ1v) is 9.04. The largest absolute Gasteiger partial charge is 0.314 e. The second kappa shape index (κ2) is 6.54. The molecule has 0 saturated carbocycles. The summed E-state index contributed by atoms with van der Waals surface area (Å²) in [6.45, 7) is 6.73. The van der Waals surface area contributed by atoms with Gasteiger partial charge in [0.05, 0.1) is 6.54 Å². The molecule has 0 spiro atoms. The smallest absolute Gasteiger partial charge is 0.107 e. The minimum Gasteiger partial charge on any atom is -0.314 e. The van der Waals surface area contributed by atoms with Crippen molar-refractivity contribution < 1.29 is 0 Å². The summed E-state index contributed by atoms with van der Waals surface area (Å²) < 4.78 is 0. The van der Waals surface area contributed by atoms with E-state index in [4.69, 9.17) is 0 Å². The van der Waals surface area contributed by atoms with Gasteiger partial charge in [0.1, 0.15) is 5.01 Å². The number of aryl methyl sites for hydroxylation is 1. The standard InChI is InChI=1S/C16H27N3S/c1-3-7-17-12-8-13-5-6-14(9-12)19(13)11-16-18-10-15(4-2)20-16/h10,12-14,17H,3-9,11H2,1-2H3. The summed E-state index contributed by atoms with van der Waals surface area (Å²) in [4.78, 5) is 8.77. The predicted octanol–water partition coefficient (Wildman–Crippen LogP) is 3.20. The van der Waals surface area contributed by atoms with E-state index in [9.17, 15) is 0 Å². The Morgan fingerprint density at radius 2 is 2.05 bits per heavy atom. The summed E-state index contributed by atoms with van der Waals surface area (Å²) in [7, 11) is 0. The Labute approximate surface area is 126 Å². The van der Waals surface area contributed by atoms with Gasteiger partial charge in [-0.2, -0.15) is 0 Å². The highest BCUT2D eigenvalue weighted by atomic mass is 32.1. The molecule has 2 saturated heterocycles. The molecule has 20 heavy (non-hydrogen) atoms. The van der Waals surface area contributed by atoms with Gasteiger partial charge in [0.2, 0.25) is 0 Å². The molecule has 0 aromatic carbocycles. The summed E-state index contributed by atoms with van der Waals surface area (Å²) in [5.74, 6) is 0. The third-order valence-electron chi connectivity index (χ3n) is 4.84. The summed E-state index contributed by atoms with van der Waals surface area (Å²) in [5, 5.41) is 5.05. The van der Waals surface area contributed by atoms with Gasteiger partial charge in [0, 0.05) is 29.2 Å². The summed E-state index contributed by atoms with van der Waals surface area (Å²) in [5.41, 5.74) is 0. The van der Waals surface area contributed by atoms with Gasteiger partial charge in [-0.15, -0.1) is 11.3 Å². The minimum absolute atomic E-state index is 0.756. The van der Waals surface area contributed by atoms with E-state index in [0.29, 0.717) is 0 Å². The lowest BCUT2D eigenvalue weighted by molar-refractivity contribution is 0.109. The number of hydrogen-bond acceptors (Lipinski definition) is 4. The van der Waals surface area contributed by atoms with Crippen molar-refractivity contribution >= 4 is 11.3 Å². The maximum absolute atomic E-state index is 4.61. The van der Waals surface area contributed by atoms with Crippen LogP contribution in [0, 0.1) is 0 Å². The molecule has 2 aliphatic heterocycles. The van der Waals surface area contributed by atoms with E-state index < -0.39 is 0 Å². The van der Waals surface area contributed by atoms with Crippen LogP contribution in [0.15, 0.2) is 6.20 Å². The van der Waals surface area contributed by atoms with Gasteiger partial charge in [0.15, 0.2) is 0 Å². The lowest BCUT2D eigenvalue weighted by atomic mass is 9.97. The lowest BCUT2D eigenvalue weighted by Gasteiger charge is -2.38. The SMILES string of the molecule is CCCNC1CC2CCC(C1)N2Cc1ncc(CC)s1. The van der Waals surface area contributed by atoms with Crippen molar-refractivity contribution in [2.24, 2.45) is 0 Å². The van der Waals surface area contributed by atoms with Crippen LogP contribution in [0.5, 0.6) is 0 Å². The van der Waals surface area contributed by atoms with Crippen LogP contribution < -0.4 is 5.32 Å². The number of nitrogens with zero attached hydrogens (tertiary/aromatic N) is 2. The van der Waals surface area contributed by atoms with Crippen molar-refractivity contribution in [3.8, 4) is 0 Å². The second-order valence-electron chi connectivity index (χ2n) is 6.25. The Hall–Kier alpha value is -0.450. The Morgan fingerprint density at radius 3 is 2.65 bits per heavy atom. The van der Waals surface area contributed by atoms with Crippen LogP contribution in [-0.2, 0) is 13.0 Å². The Morgan fingerprint density at radius 1 is 1.30 bits per heavy atom. The topological polar surface area (TPSA) is 28.2 Å². The van der Waals surface area contributed by atoms with Gasteiger partial charge in [-0.3, -0.25) is 4.90 Å². The van der Waals surface area contributed by atoms with E-state index in [0.717, 1.165) is 31.1 Å². The minimum atomic E-state index is 0.756. The summed E-state index contributed by atoms with van der Waals surface area (Å²) in [6.07, 6.45) is 9.88. The van der Waals surface area contributed by atoms with Crippen molar-refractivity contribution in [1.82, 2.24) is 15.2 Å². The average Bonchev–Trinajstić information content (AvgIpc) is 3.00. The van der Waals surface area contributed by atoms with Gasteiger partial charge < -0.3 is 5.32 Å². The number of fused-ring (bicyclic) bond motifs is 2. The number of nitrogens with one attached hydrogen (secondary N) is 1. The molecule has 2 atom stereocenters. The number of rotatable bonds is 6. The molecule has 1 aromatic heterocycles. The highest BCUT2D eigenvalue weighted by Gasteiger charge is 2.40. The third-order valence-corrected chi connectivity index (χ3v) is 5.96. The van der Waals surface area contributed by atoms with Crippen molar-refractivity contribution in [2.75, 3.05) is 6.54 Å². The molecule has 4 heteroatoms. The Bertz CT molecular complexity index is 417. The van der Waals surface area contributed by atoms with E-state index in [1.807, 2.05) is 11.3 Å². The zero-order chi connectivity index (χ0) is 13.9. The molecule has 0 radical (unpaired) electrons. The maximum atomic E-state index is 4.61. The third kappa shape index (κ3) is 3.07. The second-order valence-corrected chi connectivity index (χ2v) is 7.45. The monoisotopic (exact) mass is 293 g/mol. The first-order chi connectivity index (χ1) is 9.80. The summed E-state index contributed by atoms with van der Waals surface area (Å²) in [6, 6.07) is 2.33. The lowest BCUT2D eigenvalue weighted by Crippen LogP contribution is -2.48. The quantitative estimate of drug-likeness (QED) is 0.873.